The predicted molar refractivity (Wildman–Crippen MR) is 75.7 cm³/mol. The molecule has 5 nitrogen and oxygen atoms in total. The Labute approximate surface area is 113 Å². The van der Waals surface area contributed by atoms with Crippen molar-refractivity contribution < 1.29 is 5.11 Å². The molecule has 98 valence electrons. The molecular formula is C13H13N3O2S. The number of pyridine rings is 1. The summed E-state index contributed by atoms with van der Waals surface area (Å²) in [5.74, 6) is 0. The number of thiophene rings is 1. The molecule has 0 atom stereocenters. The molecule has 3 aromatic heterocycles. The van der Waals surface area contributed by atoms with E-state index >= 15 is 0 Å². The van der Waals surface area contributed by atoms with Gasteiger partial charge in [0.25, 0.3) is 5.56 Å². The zero-order valence-electron chi connectivity index (χ0n) is 10.7. The maximum Gasteiger partial charge on any atom is 0.271 e. The van der Waals surface area contributed by atoms with Gasteiger partial charge < -0.3 is 5.11 Å². The minimum Gasteiger partial charge on any atom is -0.395 e. The number of aryl methyl sites for hydroxylation is 2. The quantitative estimate of drug-likeness (QED) is 0.771. The van der Waals surface area contributed by atoms with Crippen molar-refractivity contribution in [2.75, 3.05) is 6.61 Å². The van der Waals surface area contributed by atoms with Crippen molar-refractivity contribution in [2.45, 2.75) is 20.4 Å². The highest BCUT2D eigenvalue weighted by molar-refractivity contribution is 7.25. The predicted octanol–water partition coefficient (Wildman–Crippen LogP) is 1.62. The molecule has 0 aliphatic rings. The molecule has 0 saturated carbocycles. The van der Waals surface area contributed by atoms with Crippen LogP contribution in [0.3, 0.4) is 0 Å². The smallest absolute Gasteiger partial charge is 0.271 e. The molecule has 0 aliphatic carbocycles. The molecule has 0 aromatic carbocycles. The van der Waals surface area contributed by atoms with Gasteiger partial charge in [-0.05, 0) is 25.5 Å². The molecule has 3 heterocycles. The summed E-state index contributed by atoms with van der Waals surface area (Å²) in [6.07, 6.45) is 1.49. The van der Waals surface area contributed by atoms with Crippen LogP contribution in [0.4, 0.5) is 0 Å². The fourth-order valence-corrected chi connectivity index (χ4v) is 3.47. The van der Waals surface area contributed by atoms with Crippen LogP contribution in [0.15, 0.2) is 17.2 Å². The first-order valence-corrected chi connectivity index (χ1v) is 6.80. The van der Waals surface area contributed by atoms with Crippen LogP contribution in [0.2, 0.25) is 0 Å². The number of hydrogen-bond acceptors (Lipinski definition) is 5. The highest BCUT2D eigenvalue weighted by Crippen LogP contribution is 2.31. The molecule has 3 rings (SSSR count). The van der Waals surface area contributed by atoms with Gasteiger partial charge in [-0.15, -0.1) is 11.3 Å². The zero-order chi connectivity index (χ0) is 13.6. The van der Waals surface area contributed by atoms with Crippen LogP contribution in [-0.4, -0.2) is 26.2 Å². The van der Waals surface area contributed by atoms with Crippen LogP contribution >= 0.6 is 11.3 Å². The number of aromatic nitrogens is 3. The van der Waals surface area contributed by atoms with Crippen molar-refractivity contribution >= 4 is 31.8 Å². The molecule has 0 fully saturated rings. The highest BCUT2D eigenvalue weighted by atomic mass is 32.1. The lowest BCUT2D eigenvalue weighted by molar-refractivity contribution is 0.274. The van der Waals surface area contributed by atoms with E-state index < -0.39 is 0 Å². The van der Waals surface area contributed by atoms with E-state index in [-0.39, 0.29) is 18.7 Å². The van der Waals surface area contributed by atoms with E-state index in [4.69, 9.17) is 5.11 Å². The summed E-state index contributed by atoms with van der Waals surface area (Å²) in [5.41, 5.74) is 2.62. The maximum atomic E-state index is 12.3. The Balaban J connectivity index is 2.44. The van der Waals surface area contributed by atoms with Crippen LogP contribution in [-0.2, 0) is 6.54 Å². The van der Waals surface area contributed by atoms with Crippen LogP contribution in [0.1, 0.15) is 11.3 Å². The first-order chi connectivity index (χ1) is 9.11. The van der Waals surface area contributed by atoms with Gasteiger partial charge in [0.1, 0.15) is 9.53 Å². The van der Waals surface area contributed by atoms with E-state index in [0.717, 1.165) is 21.5 Å². The minimum absolute atomic E-state index is 0.0750. The molecule has 3 aromatic rings. The lowest BCUT2D eigenvalue weighted by Gasteiger charge is -2.02. The van der Waals surface area contributed by atoms with Gasteiger partial charge in [-0.2, -0.15) is 0 Å². The Morgan fingerprint density at radius 1 is 1.42 bits per heavy atom. The number of nitrogens with zero attached hydrogens (tertiary/aromatic N) is 3. The number of aliphatic hydroxyl groups is 1. The Kier molecular flexibility index (Phi) is 2.83. The summed E-state index contributed by atoms with van der Waals surface area (Å²) in [6, 6.07) is 2.00. The number of fused-ring (bicyclic) bond motifs is 3. The number of aliphatic hydroxyl groups excluding tert-OH is 1. The Hall–Kier alpha value is -1.79. The van der Waals surface area contributed by atoms with Gasteiger partial charge in [0.05, 0.1) is 25.0 Å². The second kappa shape index (κ2) is 4.40. The second-order valence-electron chi connectivity index (χ2n) is 4.51. The fourth-order valence-electron chi connectivity index (χ4n) is 2.27. The average Bonchev–Trinajstić information content (AvgIpc) is 2.72. The first kappa shape index (κ1) is 12.3. The monoisotopic (exact) mass is 275 g/mol. The van der Waals surface area contributed by atoms with Gasteiger partial charge in [-0.3, -0.25) is 9.36 Å². The molecule has 0 radical (unpaired) electrons. The van der Waals surface area contributed by atoms with Crippen molar-refractivity contribution in [3.8, 4) is 0 Å². The third-order valence-corrected chi connectivity index (χ3v) is 4.15. The van der Waals surface area contributed by atoms with E-state index in [9.17, 15) is 4.79 Å². The lowest BCUT2D eigenvalue weighted by Crippen LogP contribution is -2.21. The molecule has 0 spiro atoms. The summed E-state index contributed by atoms with van der Waals surface area (Å²) in [4.78, 5) is 22.0. The van der Waals surface area contributed by atoms with Gasteiger partial charge in [-0.1, -0.05) is 0 Å². The zero-order valence-corrected chi connectivity index (χ0v) is 11.5. The van der Waals surface area contributed by atoms with Crippen molar-refractivity contribution in [2.24, 2.45) is 0 Å². The van der Waals surface area contributed by atoms with Crippen LogP contribution in [0.5, 0.6) is 0 Å². The molecule has 0 saturated heterocycles. The summed E-state index contributed by atoms with van der Waals surface area (Å²) < 4.78 is 2.03. The van der Waals surface area contributed by atoms with Crippen LogP contribution in [0.25, 0.3) is 20.4 Å². The van der Waals surface area contributed by atoms with Crippen molar-refractivity contribution in [3.05, 3.63) is 34.0 Å². The molecule has 1 N–H and O–H groups in total. The van der Waals surface area contributed by atoms with Crippen LogP contribution < -0.4 is 5.56 Å². The van der Waals surface area contributed by atoms with Gasteiger partial charge in [-0.25, -0.2) is 9.97 Å². The second-order valence-corrected chi connectivity index (χ2v) is 5.51. The van der Waals surface area contributed by atoms with Gasteiger partial charge >= 0.3 is 0 Å². The third-order valence-electron chi connectivity index (χ3n) is 3.08. The summed E-state index contributed by atoms with van der Waals surface area (Å²) in [6.45, 7) is 4.13. The molecule has 19 heavy (non-hydrogen) atoms. The van der Waals surface area contributed by atoms with E-state index in [1.807, 2.05) is 19.9 Å². The number of hydrogen-bond donors (Lipinski definition) is 1. The van der Waals surface area contributed by atoms with Gasteiger partial charge in [0.15, 0.2) is 0 Å². The molecule has 0 bridgehead atoms. The fraction of sp³-hybridized carbons (Fsp3) is 0.308. The molecule has 0 amide bonds. The van der Waals surface area contributed by atoms with Crippen molar-refractivity contribution in [1.29, 1.82) is 0 Å². The normalized spacial score (nSPS) is 11.5. The van der Waals surface area contributed by atoms with Crippen LogP contribution in [0, 0.1) is 13.8 Å². The maximum absolute atomic E-state index is 12.3. The van der Waals surface area contributed by atoms with E-state index in [0.29, 0.717) is 10.2 Å². The van der Waals surface area contributed by atoms with Crippen molar-refractivity contribution in [3.63, 3.8) is 0 Å². The topological polar surface area (TPSA) is 68.0 Å². The Morgan fingerprint density at radius 2 is 2.21 bits per heavy atom. The Bertz CT molecular complexity index is 835. The standard InChI is InChI=1S/C13H13N3O2S/c1-7-5-8(2)15-12-9(7)10-11(19-12)13(18)16(3-4-17)6-14-10/h5-6,17H,3-4H2,1-2H3. The van der Waals surface area contributed by atoms with E-state index in [1.54, 1.807) is 0 Å². The van der Waals surface area contributed by atoms with E-state index in [1.165, 1.54) is 22.2 Å². The number of rotatable bonds is 2. The summed E-state index contributed by atoms with van der Waals surface area (Å²) in [5, 5.41) is 9.90. The molecule has 0 unspecified atom stereocenters. The Morgan fingerprint density at radius 3 is 2.95 bits per heavy atom. The lowest BCUT2D eigenvalue weighted by atomic mass is 10.1. The largest absolute Gasteiger partial charge is 0.395 e. The van der Waals surface area contributed by atoms with Gasteiger partial charge in [0, 0.05) is 11.1 Å². The summed E-state index contributed by atoms with van der Waals surface area (Å²) >= 11 is 1.37. The van der Waals surface area contributed by atoms with Gasteiger partial charge in [0.2, 0.25) is 0 Å². The molecule has 0 aliphatic heterocycles. The summed E-state index contributed by atoms with van der Waals surface area (Å²) in [7, 11) is 0. The molecular weight excluding hydrogens is 262 g/mol. The SMILES string of the molecule is Cc1cc(C)c2c(n1)sc1c(=O)n(CCO)cnc12. The first-order valence-electron chi connectivity index (χ1n) is 5.98. The van der Waals surface area contributed by atoms with E-state index in [2.05, 4.69) is 9.97 Å². The molecule has 6 heteroatoms. The van der Waals surface area contributed by atoms with Crippen molar-refractivity contribution in [1.82, 2.24) is 14.5 Å². The highest BCUT2D eigenvalue weighted by Gasteiger charge is 2.14. The minimum atomic E-state index is -0.112. The average molecular weight is 275 g/mol. The third kappa shape index (κ3) is 1.84.